The van der Waals surface area contributed by atoms with Crippen LogP contribution in [0.2, 0.25) is 0 Å². The first-order valence-corrected chi connectivity index (χ1v) is 9.56. The Morgan fingerprint density at radius 1 is 0.833 bits per heavy atom. The Labute approximate surface area is 174 Å². The van der Waals surface area contributed by atoms with Crippen LogP contribution in [-0.4, -0.2) is 10.4 Å². The highest BCUT2D eigenvalue weighted by molar-refractivity contribution is 5.98. The van der Waals surface area contributed by atoms with Gasteiger partial charge in [0.1, 0.15) is 0 Å². The minimum absolute atomic E-state index is 0.0958. The van der Waals surface area contributed by atoms with Crippen LogP contribution in [0.4, 0.5) is 0 Å². The first kappa shape index (κ1) is 19.1. The van der Waals surface area contributed by atoms with Gasteiger partial charge in [0, 0.05) is 35.0 Å². The summed E-state index contributed by atoms with van der Waals surface area (Å²) < 4.78 is 1.47. The van der Waals surface area contributed by atoms with Crippen molar-refractivity contribution in [2.75, 3.05) is 0 Å². The summed E-state index contributed by atoms with van der Waals surface area (Å²) >= 11 is 0. The Hall–Kier alpha value is -4.23. The monoisotopic (exact) mass is 390 g/mol. The molecule has 3 aromatic carbocycles. The van der Waals surface area contributed by atoms with Gasteiger partial charge in [-0.1, -0.05) is 66.7 Å². The van der Waals surface area contributed by atoms with Gasteiger partial charge in [0.25, 0.3) is 5.56 Å². The van der Waals surface area contributed by atoms with E-state index in [9.17, 15) is 14.9 Å². The molecule has 30 heavy (non-hydrogen) atoms. The lowest BCUT2D eigenvalue weighted by Gasteiger charge is -2.13. The molecule has 0 saturated heterocycles. The Bertz CT molecular complexity index is 1300. The van der Waals surface area contributed by atoms with E-state index >= 15 is 0 Å². The molecule has 144 valence electrons. The average Bonchev–Trinajstić information content (AvgIpc) is 2.80. The number of hydrogen-bond acceptors (Lipinski definition) is 3. The molecule has 4 aromatic rings. The van der Waals surface area contributed by atoms with E-state index in [1.165, 1.54) is 4.57 Å². The third-order valence-electron chi connectivity index (χ3n) is 4.92. The van der Waals surface area contributed by atoms with Crippen molar-refractivity contribution in [2.24, 2.45) is 0 Å². The van der Waals surface area contributed by atoms with Crippen LogP contribution in [0.5, 0.6) is 0 Å². The molecular weight excluding hydrogens is 372 g/mol. The van der Waals surface area contributed by atoms with E-state index in [0.717, 1.165) is 5.56 Å². The zero-order chi connectivity index (χ0) is 20.9. The quantitative estimate of drug-likeness (QED) is 0.460. The van der Waals surface area contributed by atoms with E-state index in [1.807, 2.05) is 60.7 Å². The highest BCUT2D eigenvalue weighted by Gasteiger charge is 2.17. The van der Waals surface area contributed by atoms with Crippen molar-refractivity contribution in [1.82, 2.24) is 4.57 Å². The molecule has 0 spiro atoms. The summed E-state index contributed by atoms with van der Waals surface area (Å²) in [6, 6.07) is 29.3. The third-order valence-corrected chi connectivity index (χ3v) is 4.92. The van der Waals surface area contributed by atoms with E-state index in [1.54, 1.807) is 36.5 Å². The van der Waals surface area contributed by atoms with Crippen molar-refractivity contribution in [3.63, 3.8) is 0 Å². The largest absolute Gasteiger partial charge is 0.294 e. The molecular formula is C26H18N2O2. The molecule has 0 bridgehead atoms. The molecule has 0 fully saturated rings. The number of para-hydroxylation sites is 1. The number of rotatable bonds is 5. The number of pyridine rings is 1. The Morgan fingerprint density at radius 3 is 2.17 bits per heavy atom. The highest BCUT2D eigenvalue weighted by Crippen LogP contribution is 2.23. The fourth-order valence-corrected chi connectivity index (χ4v) is 3.41. The van der Waals surface area contributed by atoms with Crippen LogP contribution in [-0.2, 0) is 6.42 Å². The van der Waals surface area contributed by atoms with Gasteiger partial charge in [0.2, 0.25) is 0 Å². The smallest absolute Gasteiger partial charge is 0.263 e. The second kappa shape index (κ2) is 8.42. The Morgan fingerprint density at radius 2 is 1.47 bits per heavy atom. The van der Waals surface area contributed by atoms with Crippen molar-refractivity contribution in [3.05, 3.63) is 124 Å². The number of hydrogen-bond donors (Lipinski definition) is 0. The molecule has 4 nitrogen and oxygen atoms in total. The van der Waals surface area contributed by atoms with Crippen LogP contribution >= 0.6 is 0 Å². The molecule has 1 heterocycles. The maximum Gasteiger partial charge on any atom is 0.263 e. The zero-order valence-corrected chi connectivity index (χ0v) is 16.2. The van der Waals surface area contributed by atoms with Crippen LogP contribution < -0.4 is 5.56 Å². The number of Topliss-reactive ketones (excluding diaryl/α,β-unsaturated/α-hetero) is 1. The minimum atomic E-state index is -0.278. The molecule has 0 N–H and O–H groups in total. The standard InChI is InChI=1S/C26H18N2O2/c27-17-20-11-7-8-14-23(20)24-16-21(25(29)15-19-9-3-1-4-10-19)18-28(26(24)30)22-12-5-2-6-13-22/h1-14,16,18H,15H2. The number of ketones is 1. The fourth-order valence-electron chi connectivity index (χ4n) is 3.41. The molecule has 0 radical (unpaired) electrons. The van der Waals surface area contributed by atoms with E-state index in [0.29, 0.717) is 27.9 Å². The number of nitrogens with zero attached hydrogens (tertiary/aromatic N) is 2. The van der Waals surface area contributed by atoms with Gasteiger partial charge in [-0.05, 0) is 29.8 Å². The van der Waals surface area contributed by atoms with Crippen LogP contribution in [0.15, 0.2) is 102 Å². The topological polar surface area (TPSA) is 62.9 Å². The molecule has 0 aliphatic heterocycles. The molecule has 1 aromatic heterocycles. The minimum Gasteiger partial charge on any atom is -0.294 e. The SMILES string of the molecule is N#Cc1ccccc1-c1cc(C(=O)Cc2ccccc2)cn(-c2ccccc2)c1=O. The van der Waals surface area contributed by atoms with Gasteiger partial charge in [0.05, 0.1) is 11.6 Å². The summed E-state index contributed by atoms with van der Waals surface area (Å²) in [5.74, 6) is -0.0958. The predicted octanol–water partition coefficient (Wildman–Crippen LogP) is 4.80. The average molecular weight is 390 g/mol. The number of benzene rings is 3. The van der Waals surface area contributed by atoms with Gasteiger partial charge in [-0.25, -0.2) is 0 Å². The molecule has 4 rings (SSSR count). The van der Waals surface area contributed by atoms with Crippen LogP contribution in [0.25, 0.3) is 16.8 Å². The molecule has 0 aliphatic rings. The van der Waals surface area contributed by atoms with Gasteiger partial charge in [-0.3, -0.25) is 14.2 Å². The van der Waals surface area contributed by atoms with Crippen LogP contribution in [0, 0.1) is 11.3 Å². The first-order chi connectivity index (χ1) is 14.7. The first-order valence-electron chi connectivity index (χ1n) is 9.56. The second-order valence-corrected chi connectivity index (χ2v) is 6.90. The maximum absolute atomic E-state index is 13.3. The number of carbonyl (C=O) groups is 1. The number of carbonyl (C=O) groups excluding carboxylic acids is 1. The van der Waals surface area contributed by atoms with Crippen molar-refractivity contribution in [3.8, 4) is 22.9 Å². The summed E-state index contributed by atoms with van der Waals surface area (Å²) in [5, 5.41) is 9.50. The summed E-state index contributed by atoms with van der Waals surface area (Å²) in [6.07, 6.45) is 1.81. The summed E-state index contributed by atoms with van der Waals surface area (Å²) in [7, 11) is 0. The summed E-state index contributed by atoms with van der Waals surface area (Å²) in [5.41, 5.74) is 2.94. The lowest BCUT2D eigenvalue weighted by molar-refractivity contribution is 0.0992. The highest BCUT2D eigenvalue weighted by atomic mass is 16.1. The molecule has 4 heteroatoms. The number of aromatic nitrogens is 1. The molecule has 0 aliphatic carbocycles. The normalized spacial score (nSPS) is 10.4. The number of nitriles is 1. The van der Waals surface area contributed by atoms with Crippen molar-refractivity contribution in [2.45, 2.75) is 6.42 Å². The second-order valence-electron chi connectivity index (χ2n) is 6.90. The lowest BCUT2D eigenvalue weighted by atomic mass is 9.97. The van der Waals surface area contributed by atoms with E-state index < -0.39 is 0 Å². The lowest BCUT2D eigenvalue weighted by Crippen LogP contribution is -2.22. The maximum atomic E-state index is 13.3. The molecule has 0 unspecified atom stereocenters. The van der Waals surface area contributed by atoms with Crippen molar-refractivity contribution < 1.29 is 4.79 Å². The van der Waals surface area contributed by atoms with Crippen molar-refractivity contribution >= 4 is 5.78 Å². The van der Waals surface area contributed by atoms with E-state index in [4.69, 9.17) is 0 Å². The van der Waals surface area contributed by atoms with E-state index in [-0.39, 0.29) is 17.8 Å². The fraction of sp³-hybridized carbons (Fsp3) is 0.0385. The van der Waals surface area contributed by atoms with Crippen LogP contribution in [0.1, 0.15) is 21.5 Å². The van der Waals surface area contributed by atoms with Crippen molar-refractivity contribution in [1.29, 1.82) is 5.26 Å². The summed E-state index contributed by atoms with van der Waals surface area (Å²) in [6.45, 7) is 0. The van der Waals surface area contributed by atoms with E-state index in [2.05, 4.69) is 6.07 Å². The Kier molecular flexibility index (Phi) is 5.36. The predicted molar refractivity (Wildman–Crippen MR) is 117 cm³/mol. The zero-order valence-electron chi connectivity index (χ0n) is 16.2. The van der Waals surface area contributed by atoms with Gasteiger partial charge in [-0.15, -0.1) is 0 Å². The van der Waals surface area contributed by atoms with Gasteiger partial charge in [0.15, 0.2) is 5.78 Å². The van der Waals surface area contributed by atoms with Crippen LogP contribution in [0.3, 0.4) is 0 Å². The molecule has 0 atom stereocenters. The Balaban J connectivity index is 1.90. The van der Waals surface area contributed by atoms with Gasteiger partial charge in [-0.2, -0.15) is 5.26 Å². The molecule has 0 amide bonds. The third kappa shape index (κ3) is 3.82. The van der Waals surface area contributed by atoms with Gasteiger partial charge < -0.3 is 0 Å². The molecule has 0 saturated carbocycles. The summed E-state index contributed by atoms with van der Waals surface area (Å²) in [4.78, 5) is 26.4. The van der Waals surface area contributed by atoms with Gasteiger partial charge >= 0.3 is 0 Å².